The van der Waals surface area contributed by atoms with Crippen LogP contribution in [0.25, 0.3) is 10.2 Å². The van der Waals surface area contributed by atoms with Gasteiger partial charge in [0.15, 0.2) is 4.80 Å². The molecule has 0 saturated heterocycles. The summed E-state index contributed by atoms with van der Waals surface area (Å²) in [7, 11) is 1.25. The van der Waals surface area contributed by atoms with E-state index in [4.69, 9.17) is 23.2 Å². The second kappa shape index (κ2) is 7.57. The van der Waals surface area contributed by atoms with Crippen LogP contribution in [0.2, 0.25) is 10.0 Å². The van der Waals surface area contributed by atoms with Crippen molar-refractivity contribution in [3.05, 3.63) is 62.6 Å². The molecule has 26 heavy (non-hydrogen) atoms. The maximum Gasteiger partial charge on any atom is 0.325 e. The van der Waals surface area contributed by atoms with Crippen LogP contribution in [-0.2, 0) is 16.1 Å². The minimum Gasteiger partial charge on any atom is -0.468 e. The van der Waals surface area contributed by atoms with Crippen molar-refractivity contribution in [3.63, 3.8) is 0 Å². The van der Waals surface area contributed by atoms with E-state index in [0.717, 1.165) is 11.3 Å². The van der Waals surface area contributed by atoms with Crippen LogP contribution in [0.5, 0.6) is 0 Å². The molecule has 0 aliphatic heterocycles. The number of thiazole rings is 1. The Morgan fingerprint density at radius 1 is 1.23 bits per heavy atom. The van der Waals surface area contributed by atoms with Crippen LogP contribution >= 0.6 is 34.5 Å². The summed E-state index contributed by atoms with van der Waals surface area (Å²) in [6.07, 6.45) is 0. The molecule has 0 aliphatic rings. The van der Waals surface area contributed by atoms with E-state index in [1.807, 2.05) is 0 Å². The average Bonchev–Trinajstić information content (AvgIpc) is 2.93. The first-order valence-corrected chi connectivity index (χ1v) is 8.86. The number of hydrogen-bond donors (Lipinski definition) is 0. The average molecular weight is 413 g/mol. The van der Waals surface area contributed by atoms with Gasteiger partial charge in [0, 0.05) is 5.02 Å². The Balaban J connectivity index is 2.17. The number of aromatic nitrogens is 1. The summed E-state index contributed by atoms with van der Waals surface area (Å²) in [5.41, 5.74) is 0.693. The molecule has 2 aromatic carbocycles. The van der Waals surface area contributed by atoms with Gasteiger partial charge in [-0.3, -0.25) is 9.59 Å². The van der Waals surface area contributed by atoms with Crippen molar-refractivity contribution < 1.29 is 18.7 Å². The first-order valence-electron chi connectivity index (χ1n) is 7.29. The highest BCUT2D eigenvalue weighted by atomic mass is 35.5. The van der Waals surface area contributed by atoms with E-state index in [-0.39, 0.29) is 21.9 Å². The molecule has 0 aliphatic carbocycles. The van der Waals surface area contributed by atoms with Gasteiger partial charge in [-0.05, 0) is 36.4 Å². The van der Waals surface area contributed by atoms with Crippen molar-refractivity contribution in [3.8, 4) is 0 Å². The van der Waals surface area contributed by atoms with E-state index in [2.05, 4.69) is 9.73 Å². The number of fused-ring (bicyclic) bond motifs is 1. The van der Waals surface area contributed by atoms with E-state index < -0.39 is 17.7 Å². The number of carbonyl (C=O) groups is 2. The number of nitrogens with zero attached hydrogens (tertiary/aromatic N) is 2. The van der Waals surface area contributed by atoms with Crippen molar-refractivity contribution in [1.82, 2.24) is 4.57 Å². The Bertz CT molecular complexity index is 1090. The number of amides is 1. The molecule has 3 rings (SSSR count). The molecular weight excluding hydrogens is 402 g/mol. The molecule has 0 spiro atoms. The second-order valence-electron chi connectivity index (χ2n) is 5.20. The molecule has 0 N–H and O–H groups in total. The van der Waals surface area contributed by atoms with Crippen molar-refractivity contribution >= 4 is 56.6 Å². The number of hydrogen-bond acceptors (Lipinski definition) is 4. The van der Waals surface area contributed by atoms with Crippen LogP contribution in [0, 0.1) is 5.82 Å². The molecule has 9 heteroatoms. The Kier molecular flexibility index (Phi) is 5.41. The lowest BCUT2D eigenvalue weighted by molar-refractivity contribution is -0.141. The van der Waals surface area contributed by atoms with E-state index in [1.54, 1.807) is 6.07 Å². The lowest BCUT2D eigenvalue weighted by Crippen LogP contribution is -2.22. The zero-order valence-corrected chi connectivity index (χ0v) is 15.7. The third kappa shape index (κ3) is 3.80. The standard InChI is InChI=1S/C17H11Cl2FN2O3S/c1-25-15(23)8-22-13-5-3-10(20)7-14(13)26-17(22)21-16(24)11-6-9(18)2-4-12(11)19/h2-7H,8H2,1H3. The summed E-state index contributed by atoms with van der Waals surface area (Å²) >= 11 is 13.0. The van der Waals surface area contributed by atoms with Crippen LogP contribution in [-0.4, -0.2) is 23.6 Å². The number of benzene rings is 2. The van der Waals surface area contributed by atoms with E-state index in [9.17, 15) is 14.0 Å². The lowest BCUT2D eigenvalue weighted by Gasteiger charge is -2.04. The van der Waals surface area contributed by atoms with Gasteiger partial charge in [0.05, 0.1) is 27.9 Å². The molecule has 1 amide bonds. The Labute approximate surface area is 161 Å². The minimum absolute atomic E-state index is 0.132. The van der Waals surface area contributed by atoms with Crippen molar-refractivity contribution in [1.29, 1.82) is 0 Å². The summed E-state index contributed by atoms with van der Waals surface area (Å²) in [5, 5.41) is 0.545. The minimum atomic E-state index is -0.622. The van der Waals surface area contributed by atoms with E-state index in [0.29, 0.717) is 15.2 Å². The molecule has 0 bridgehead atoms. The van der Waals surface area contributed by atoms with Gasteiger partial charge in [0.25, 0.3) is 5.91 Å². The smallest absolute Gasteiger partial charge is 0.325 e. The highest BCUT2D eigenvalue weighted by molar-refractivity contribution is 7.16. The first-order chi connectivity index (χ1) is 12.4. The molecule has 134 valence electrons. The maximum absolute atomic E-state index is 13.5. The third-order valence-electron chi connectivity index (χ3n) is 3.52. The molecule has 0 radical (unpaired) electrons. The number of rotatable bonds is 3. The Morgan fingerprint density at radius 2 is 2.00 bits per heavy atom. The van der Waals surface area contributed by atoms with Gasteiger partial charge in [-0.25, -0.2) is 4.39 Å². The number of methoxy groups -OCH3 is 1. The molecule has 5 nitrogen and oxygen atoms in total. The number of carbonyl (C=O) groups excluding carboxylic acids is 2. The number of esters is 1. The number of halogens is 3. The lowest BCUT2D eigenvalue weighted by atomic mass is 10.2. The van der Waals surface area contributed by atoms with Gasteiger partial charge in [-0.1, -0.05) is 34.5 Å². The summed E-state index contributed by atoms with van der Waals surface area (Å²) in [6, 6.07) is 8.55. The monoisotopic (exact) mass is 412 g/mol. The normalized spacial score (nSPS) is 11.8. The topological polar surface area (TPSA) is 60.7 Å². The fraction of sp³-hybridized carbons (Fsp3) is 0.118. The van der Waals surface area contributed by atoms with Gasteiger partial charge in [-0.15, -0.1) is 0 Å². The predicted octanol–water partition coefficient (Wildman–Crippen LogP) is 4.06. The Morgan fingerprint density at radius 3 is 2.73 bits per heavy atom. The summed E-state index contributed by atoms with van der Waals surface area (Å²) in [6.45, 7) is -0.169. The highest BCUT2D eigenvalue weighted by Gasteiger charge is 2.15. The quantitative estimate of drug-likeness (QED) is 0.609. The van der Waals surface area contributed by atoms with Crippen molar-refractivity contribution in [2.75, 3.05) is 7.11 Å². The predicted molar refractivity (Wildman–Crippen MR) is 98.1 cm³/mol. The molecule has 0 fully saturated rings. The Hall–Kier alpha value is -2.22. The van der Waals surface area contributed by atoms with Gasteiger partial charge >= 0.3 is 5.97 Å². The van der Waals surface area contributed by atoms with Crippen LogP contribution in [0.15, 0.2) is 41.4 Å². The van der Waals surface area contributed by atoms with E-state index >= 15 is 0 Å². The molecule has 0 unspecified atom stereocenters. The fourth-order valence-electron chi connectivity index (χ4n) is 2.29. The zero-order chi connectivity index (χ0) is 18.8. The van der Waals surface area contributed by atoms with Crippen LogP contribution in [0.3, 0.4) is 0 Å². The van der Waals surface area contributed by atoms with Crippen LogP contribution in [0.4, 0.5) is 4.39 Å². The van der Waals surface area contributed by atoms with Crippen molar-refractivity contribution in [2.24, 2.45) is 4.99 Å². The van der Waals surface area contributed by atoms with Gasteiger partial charge in [-0.2, -0.15) is 4.99 Å². The molecule has 0 atom stereocenters. The maximum atomic E-state index is 13.5. The summed E-state index contributed by atoms with van der Waals surface area (Å²) < 4.78 is 20.2. The van der Waals surface area contributed by atoms with Crippen molar-refractivity contribution in [2.45, 2.75) is 6.54 Å². The number of ether oxygens (including phenoxy) is 1. The molecular formula is C17H11Cl2FN2O3S. The molecule has 1 heterocycles. The van der Waals surface area contributed by atoms with Crippen LogP contribution in [0.1, 0.15) is 10.4 Å². The van der Waals surface area contributed by atoms with E-state index in [1.165, 1.54) is 42.0 Å². The zero-order valence-electron chi connectivity index (χ0n) is 13.3. The first kappa shape index (κ1) is 18.6. The van der Waals surface area contributed by atoms with Gasteiger partial charge < -0.3 is 9.30 Å². The SMILES string of the molecule is COC(=O)Cn1c(=NC(=O)c2cc(Cl)ccc2Cl)sc2cc(F)ccc21. The fourth-order valence-corrected chi connectivity index (χ4v) is 3.71. The summed E-state index contributed by atoms with van der Waals surface area (Å²) in [5.74, 6) is -1.58. The van der Waals surface area contributed by atoms with Gasteiger partial charge in [0.2, 0.25) is 0 Å². The van der Waals surface area contributed by atoms with Crippen LogP contribution < -0.4 is 4.80 Å². The molecule has 0 saturated carbocycles. The highest BCUT2D eigenvalue weighted by Crippen LogP contribution is 2.22. The largest absolute Gasteiger partial charge is 0.468 e. The molecule has 3 aromatic rings. The summed E-state index contributed by atoms with van der Waals surface area (Å²) in [4.78, 5) is 28.5. The van der Waals surface area contributed by atoms with Gasteiger partial charge in [0.1, 0.15) is 12.4 Å². The molecule has 1 aromatic heterocycles. The second-order valence-corrected chi connectivity index (χ2v) is 7.05. The third-order valence-corrected chi connectivity index (χ3v) is 5.12.